The fourth-order valence-corrected chi connectivity index (χ4v) is 3.10. The van der Waals surface area contributed by atoms with Crippen LogP contribution < -0.4 is 0 Å². The van der Waals surface area contributed by atoms with Crippen molar-refractivity contribution in [3.63, 3.8) is 0 Å². The minimum Gasteiger partial charge on any atom is -0.481 e. The Balaban J connectivity index is 2.17. The molecule has 0 saturated heterocycles. The van der Waals surface area contributed by atoms with E-state index in [4.69, 9.17) is 5.11 Å². The van der Waals surface area contributed by atoms with Crippen LogP contribution in [0.2, 0.25) is 0 Å². The first kappa shape index (κ1) is 15.2. The third-order valence-corrected chi connectivity index (χ3v) is 4.17. The average molecular weight is 254 g/mol. The number of carbonyl (C=O) groups is 2. The third-order valence-electron chi connectivity index (χ3n) is 4.17. The minimum atomic E-state index is -0.708. The van der Waals surface area contributed by atoms with Crippen molar-refractivity contribution in [3.8, 4) is 0 Å². The van der Waals surface area contributed by atoms with Crippen molar-refractivity contribution >= 4 is 11.8 Å². The number of ketones is 1. The Bertz CT molecular complexity index is 283. The van der Waals surface area contributed by atoms with Crippen LogP contribution in [-0.4, -0.2) is 16.9 Å². The van der Waals surface area contributed by atoms with Crippen LogP contribution in [0, 0.1) is 17.8 Å². The van der Waals surface area contributed by atoms with Gasteiger partial charge in [0.05, 0.1) is 0 Å². The Hall–Kier alpha value is -0.860. The van der Waals surface area contributed by atoms with Crippen molar-refractivity contribution in [1.29, 1.82) is 0 Å². The van der Waals surface area contributed by atoms with E-state index in [1.54, 1.807) is 0 Å². The van der Waals surface area contributed by atoms with Gasteiger partial charge in [0.25, 0.3) is 0 Å². The summed E-state index contributed by atoms with van der Waals surface area (Å²) in [6.45, 7) is 4.42. The topological polar surface area (TPSA) is 54.4 Å². The molecule has 3 heteroatoms. The van der Waals surface area contributed by atoms with Gasteiger partial charge >= 0.3 is 5.97 Å². The van der Waals surface area contributed by atoms with Crippen molar-refractivity contribution in [2.75, 3.05) is 0 Å². The van der Waals surface area contributed by atoms with Gasteiger partial charge in [0.2, 0.25) is 0 Å². The standard InChI is InChI=1S/C15H26O3/c1-11(2)12-9-10-14(16)13(12)7-5-3-4-6-8-15(17)18/h11-13H,3-10H2,1-2H3,(H,17,18)/t12-,13-/m1/s1. The van der Waals surface area contributed by atoms with Crippen LogP contribution in [0.25, 0.3) is 0 Å². The lowest BCUT2D eigenvalue weighted by Gasteiger charge is -2.21. The predicted octanol–water partition coefficient (Wildman–Crippen LogP) is 3.66. The first-order chi connectivity index (χ1) is 8.52. The van der Waals surface area contributed by atoms with E-state index in [2.05, 4.69) is 13.8 Å². The molecule has 1 rings (SSSR count). The summed E-state index contributed by atoms with van der Waals surface area (Å²) in [6, 6.07) is 0. The summed E-state index contributed by atoms with van der Waals surface area (Å²) in [6.07, 6.45) is 6.99. The molecule has 1 N–H and O–H groups in total. The van der Waals surface area contributed by atoms with Gasteiger partial charge in [-0.15, -0.1) is 0 Å². The van der Waals surface area contributed by atoms with Crippen molar-refractivity contribution in [2.45, 2.75) is 65.2 Å². The fourth-order valence-electron chi connectivity index (χ4n) is 3.10. The zero-order chi connectivity index (χ0) is 13.5. The van der Waals surface area contributed by atoms with Crippen molar-refractivity contribution in [3.05, 3.63) is 0 Å². The monoisotopic (exact) mass is 254 g/mol. The average Bonchev–Trinajstić information content (AvgIpc) is 2.65. The lowest BCUT2D eigenvalue weighted by Crippen LogP contribution is -2.19. The molecule has 0 bridgehead atoms. The molecular weight excluding hydrogens is 228 g/mol. The Morgan fingerprint density at radius 3 is 2.56 bits per heavy atom. The molecule has 0 aliphatic heterocycles. The maximum Gasteiger partial charge on any atom is 0.303 e. The van der Waals surface area contributed by atoms with Gasteiger partial charge in [0, 0.05) is 18.8 Å². The summed E-state index contributed by atoms with van der Waals surface area (Å²) in [7, 11) is 0. The SMILES string of the molecule is CC(C)[C@H]1CCC(=O)[C@@H]1CCCCCCC(=O)O. The van der Waals surface area contributed by atoms with E-state index in [9.17, 15) is 9.59 Å². The first-order valence-electron chi connectivity index (χ1n) is 7.27. The van der Waals surface area contributed by atoms with E-state index < -0.39 is 5.97 Å². The molecule has 1 aliphatic carbocycles. The van der Waals surface area contributed by atoms with Crippen LogP contribution in [0.15, 0.2) is 0 Å². The molecule has 1 saturated carbocycles. The van der Waals surface area contributed by atoms with Crippen molar-refractivity contribution < 1.29 is 14.7 Å². The predicted molar refractivity (Wildman–Crippen MR) is 71.4 cm³/mol. The number of Topliss-reactive ketones (excluding diaryl/α,β-unsaturated/α-hetero) is 1. The Morgan fingerprint density at radius 1 is 1.28 bits per heavy atom. The summed E-state index contributed by atoms with van der Waals surface area (Å²) in [4.78, 5) is 22.2. The zero-order valence-electron chi connectivity index (χ0n) is 11.7. The third kappa shape index (κ3) is 4.79. The highest BCUT2D eigenvalue weighted by atomic mass is 16.4. The summed E-state index contributed by atoms with van der Waals surface area (Å²) >= 11 is 0. The number of unbranched alkanes of at least 4 members (excludes halogenated alkanes) is 3. The smallest absolute Gasteiger partial charge is 0.303 e. The van der Waals surface area contributed by atoms with Gasteiger partial charge in [0.15, 0.2) is 0 Å². The van der Waals surface area contributed by atoms with Gasteiger partial charge in [0.1, 0.15) is 5.78 Å². The van der Waals surface area contributed by atoms with Crippen LogP contribution in [0.1, 0.15) is 65.2 Å². The fraction of sp³-hybridized carbons (Fsp3) is 0.867. The Labute approximate surface area is 110 Å². The molecular formula is C15H26O3. The largest absolute Gasteiger partial charge is 0.481 e. The van der Waals surface area contributed by atoms with E-state index in [1.165, 1.54) is 0 Å². The summed E-state index contributed by atoms with van der Waals surface area (Å²) in [5.74, 6) is 1.22. The number of rotatable bonds is 8. The normalized spacial score (nSPS) is 23.8. The van der Waals surface area contributed by atoms with E-state index in [0.29, 0.717) is 17.6 Å². The summed E-state index contributed by atoms with van der Waals surface area (Å²) in [5, 5.41) is 8.53. The second-order valence-corrected chi connectivity index (χ2v) is 5.87. The lowest BCUT2D eigenvalue weighted by atomic mass is 9.83. The number of carboxylic acid groups (broad SMARTS) is 1. The molecule has 18 heavy (non-hydrogen) atoms. The number of hydrogen-bond donors (Lipinski definition) is 1. The number of carbonyl (C=O) groups excluding carboxylic acids is 1. The summed E-state index contributed by atoms with van der Waals surface area (Å²) in [5.41, 5.74) is 0. The molecule has 1 aliphatic rings. The Kier molecular flexibility index (Phi) is 6.37. The van der Waals surface area contributed by atoms with Gasteiger partial charge < -0.3 is 5.11 Å². The van der Waals surface area contributed by atoms with Gasteiger partial charge in [-0.2, -0.15) is 0 Å². The highest BCUT2D eigenvalue weighted by molar-refractivity contribution is 5.83. The van der Waals surface area contributed by atoms with E-state index in [-0.39, 0.29) is 12.3 Å². The van der Waals surface area contributed by atoms with Gasteiger partial charge in [-0.25, -0.2) is 0 Å². The highest BCUT2D eigenvalue weighted by Gasteiger charge is 2.35. The van der Waals surface area contributed by atoms with Crippen LogP contribution in [-0.2, 0) is 9.59 Å². The molecule has 0 radical (unpaired) electrons. The van der Waals surface area contributed by atoms with Crippen LogP contribution >= 0.6 is 0 Å². The van der Waals surface area contributed by atoms with E-state index in [1.807, 2.05) is 0 Å². The second kappa shape index (κ2) is 7.55. The van der Waals surface area contributed by atoms with Gasteiger partial charge in [-0.3, -0.25) is 9.59 Å². The summed E-state index contributed by atoms with van der Waals surface area (Å²) < 4.78 is 0. The van der Waals surface area contributed by atoms with Crippen molar-refractivity contribution in [1.82, 2.24) is 0 Å². The molecule has 0 heterocycles. The molecule has 0 aromatic heterocycles. The molecule has 0 spiro atoms. The van der Waals surface area contributed by atoms with Gasteiger partial charge in [-0.05, 0) is 31.1 Å². The molecule has 0 unspecified atom stereocenters. The van der Waals surface area contributed by atoms with Crippen LogP contribution in [0.4, 0.5) is 0 Å². The van der Waals surface area contributed by atoms with Crippen molar-refractivity contribution in [2.24, 2.45) is 17.8 Å². The number of hydrogen-bond acceptors (Lipinski definition) is 2. The second-order valence-electron chi connectivity index (χ2n) is 5.87. The Morgan fingerprint density at radius 2 is 1.94 bits per heavy atom. The van der Waals surface area contributed by atoms with Crippen LogP contribution in [0.3, 0.4) is 0 Å². The molecule has 0 amide bonds. The highest BCUT2D eigenvalue weighted by Crippen LogP contribution is 2.37. The van der Waals surface area contributed by atoms with Gasteiger partial charge in [-0.1, -0.05) is 33.1 Å². The first-order valence-corrected chi connectivity index (χ1v) is 7.27. The minimum absolute atomic E-state index is 0.275. The molecule has 0 aromatic rings. The molecule has 104 valence electrons. The zero-order valence-corrected chi connectivity index (χ0v) is 11.7. The maximum atomic E-state index is 11.8. The molecule has 2 atom stereocenters. The molecule has 0 aromatic carbocycles. The molecule has 1 fully saturated rings. The lowest BCUT2D eigenvalue weighted by molar-refractivity contribution is -0.137. The van der Waals surface area contributed by atoms with E-state index >= 15 is 0 Å². The van der Waals surface area contributed by atoms with Crippen LogP contribution in [0.5, 0.6) is 0 Å². The maximum absolute atomic E-state index is 11.8. The quantitative estimate of drug-likeness (QED) is 0.672. The number of aliphatic carboxylic acids is 1. The number of carboxylic acids is 1. The van der Waals surface area contributed by atoms with E-state index in [0.717, 1.165) is 44.9 Å². The molecule has 3 nitrogen and oxygen atoms in total.